The van der Waals surface area contributed by atoms with Crippen LogP contribution in [0.1, 0.15) is 45.3 Å². The molecular formula is C30H29FN6O3S. The van der Waals surface area contributed by atoms with Crippen LogP contribution < -0.4 is 10.1 Å². The summed E-state index contributed by atoms with van der Waals surface area (Å²) in [7, 11) is 3.39. The van der Waals surface area contributed by atoms with Gasteiger partial charge in [0.05, 0.1) is 31.2 Å². The standard InChI is InChI=1S/C30H29FN6O3S/c1-19-5-4-6-22(15-19)29(39)32-17-27-33-34-30(36(27)2)41-18-28(38)37-26(21-7-11-23(31)12-8-21)16-25(35-37)20-9-13-24(40-3)14-10-20/h4-15,26H,16-18H2,1-3H3,(H,32,39)/t26-/m0/s1. The van der Waals surface area contributed by atoms with Crippen LogP contribution in [0.2, 0.25) is 0 Å². The molecule has 0 bridgehead atoms. The number of carbonyl (C=O) groups is 2. The molecule has 11 heteroatoms. The zero-order chi connectivity index (χ0) is 28.9. The fourth-order valence-electron chi connectivity index (χ4n) is 4.51. The average Bonchev–Trinajstić information content (AvgIpc) is 3.59. The van der Waals surface area contributed by atoms with Gasteiger partial charge in [-0.15, -0.1) is 10.2 Å². The van der Waals surface area contributed by atoms with E-state index in [-0.39, 0.29) is 36.0 Å². The second-order valence-corrected chi connectivity index (χ2v) is 10.5. The Hall–Kier alpha value is -4.51. The first-order valence-electron chi connectivity index (χ1n) is 13.0. The highest BCUT2D eigenvalue weighted by Crippen LogP contribution is 2.34. The lowest BCUT2D eigenvalue weighted by Gasteiger charge is -2.22. The van der Waals surface area contributed by atoms with Crippen molar-refractivity contribution in [1.29, 1.82) is 0 Å². The fraction of sp³-hybridized carbons (Fsp3) is 0.233. The van der Waals surface area contributed by atoms with Gasteiger partial charge in [0.1, 0.15) is 11.6 Å². The van der Waals surface area contributed by atoms with E-state index >= 15 is 0 Å². The molecule has 1 atom stereocenters. The Morgan fingerprint density at radius 2 is 1.83 bits per heavy atom. The van der Waals surface area contributed by atoms with Crippen molar-refractivity contribution < 1.29 is 18.7 Å². The van der Waals surface area contributed by atoms with E-state index < -0.39 is 0 Å². The van der Waals surface area contributed by atoms with Crippen molar-refractivity contribution in [3.05, 3.63) is 107 Å². The number of amides is 2. The summed E-state index contributed by atoms with van der Waals surface area (Å²) in [6.45, 7) is 2.12. The summed E-state index contributed by atoms with van der Waals surface area (Å²) >= 11 is 1.24. The fourth-order valence-corrected chi connectivity index (χ4v) is 5.29. The van der Waals surface area contributed by atoms with Crippen LogP contribution in [-0.4, -0.2) is 50.2 Å². The van der Waals surface area contributed by atoms with E-state index in [0.717, 1.165) is 28.2 Å². The molecule has 1 aliphatic heterocycles. The average molecular weight is 573 g/mol. The summed E-state index contributed by atoms with van der Waals surface area (Å²) in [5.74, 6) is 0.594. The molecule has 0 unspecified atom stereocenters. The highest BCUT2D eigenvalue weighted by Gasteiger charge is 2.33. The number of benzene rings is 3. The zero-order valence-electron chi connectivity index (χ0n) is 22.9. The first-order valence-corrected chi connectivity index (χ1v) is 14.0. The van der Waals surface area contributed by atoms with Gasteiger partial charge in [0.2, 0.25) is 0 Å². The first kappa shape index (κ1) is 28.0. The second-order valence-electron chi connectivity index (χ2n) is 9.58. The summed E-state index contributed by atoms with van der Waals surface area (Å²) < 4.78 is 20.6. The molecule has 210 valence electrons. The third-order valence-corrected chi connectivity index (χ3v) is 7.79. The molecule has 3 aromatic carbocycles. The number of hydrogen-bond donors (Lipinski definition) is 1. The third-order valence-electron chi connectivity index (χ3n) is 6.78. The van der Waals surface area contributed by atoms with Gasteiger partial charge in [0.15, 0.2) is 11.0 Å². The lowest BCUT2D eigenvalue weighted by molar-refractivity contribution is -0.130. The quantitative estimate of drug-likeness (QED) is 0.293. The second kappa shape index (κ2) is 12.3. The molecule has 0 saturated heterocycles. The molecule has 0 radical (unpaired) electrons. The lowest BCUT2D eigenvalue weighted by atomic mass is 9.98. The van der Waals surface area contributed by atoms with Crippen molar-refractivity contribution in [3.63, 3.8) is 0 Å². The number of aryl methyl sites for hydroxylation is 1. The van der Waals surface area contributed by atoms with Crippen LogP contribution in [0.5, 0.6) is 5.75 Å². The molecule has 0 fully saturated rings. The van der Waals surface area contributed by atoms with E-state index in [2.05, 4.69) is 20.6 Å². The van der Waals surface area contributed by atoms with E-state index in [1.807, 2.05) is 49.4 Å². The molecule has 1 aliphatic rings. The predicted molar refractivity (Wildman–Crippen MR) is 154 cm³/mol. The minimum atomic E-state index is -0.368. The van der Waals surface area contributed by atoms with Gasteiger partial charge >= 0.3 is 0 Å². The Labute approximate surface area is 241 Å². The highest BCUT2D eigenvalue weighted by atomic mass is 32.2. The number of rotatable bonds is 9. The molecular weight excluding hydrogens is 543 g/mol. The molecule has 2 heterocycles. The molecule has 0 saturated carbocycles. The number of methoxy groups -OCH3 is 1. The molecule has 1 aromatic heterocycles. The Balaban J connectivity index is 1.27. The number of aromatic nitrogens is 3. The number of hydrogen-bond acceptors (Lipinski definition) is 7. The lowest BCUT2D eigenvalue weighted by Crippen LogP contribution is -2.28. The van der Waals surface area contributed by atoms with E-state index in [1.165, 1.54) is 28.9 Å². The number of hydrazone groups is 1. The van der Waals surface area contributed by atoms with Crippen molar-refractivity contribution in [2.24, 2.45) is 12.1 Å². The van der Waals surface area contributed by atoms with Crippen molar-refractivity contribution >= 4 is 29.3 Å². The van der Waals surface area contributed by atoms with Crippen LogP contribution in [0.15, 0.2) is 83.1 Å². The van der Waals surface area contributed by atoms with Gasteiger partial charge in [-0.05, 0) is 66.6 Å². The van der Waals surface area contributed by atoms with Gasteiger partial charge in [-0.25, -0.2) is 9.40 Å². The molecule has 1 N–H and O–H groups in total. The first-order chi connectivity index (χ1) is 19.8. The summed E-state index contributed by atoms with van der Waals surface area (Å²) in [5.41, 5.74) is 4.00. The van der Waals surface area contributed by atoms with E-state index in [9.17, 15) is 14.0 Å². The Bertz CT molecular complexity index is 1590. The molecule has 4 aromatic rings. The number of carbonyl (C=O) groups excluding carboxylic acids is 2. The van der Waals surface area contributed by atoms with Crippen molar-refractivity contribution in [2.75, 3.05) is 12.9 Å². The predicted octanol–water partition coefficient (Wildman–Crippen LogP) is 4.67. The molecule has 0 aliphatic carbocycles. The summed E-state index contributed by atoms with van der Waals surface area (Å²) in [5, 5.41) is 18.0. The molecule has 9 nitrogen and oxygen atoms in total. The Kier molecular flexibility index (Phi) is 8.44. The molecule has 0 spiro atoms. The highest BCUT2D eigenvalue weighted by molar-refractivity contribution is 7.99. The number of nitrogens with one attached hydrogen (secondary N) is 1. The topological polar surface area (TPSA) is 102 Å². The maximum Gasteiger partial charge on any atom is 0.253 e. The molecule has 41 heavy (non-hydrogen) atoms. The number of nitrogens with zero attached hydrogens (tertiary/aromatic N) is 5. The minimum absolute atomic E-state index is 0.0682. The van der Waals surface area contributed by atoms with Crippen LogP contribution in [0.3, 0.4) is 0 Å². The third kappa shape index (κ3) is 6.46. The monoisotopic (exact) mass is 572 g/mol. The van der Waals surface area contributed by atoms with Gasteiger partial charge in [-0.3, -0.25) is 9.59 Å². The van der Waals surface area contributed by atoms with Gasteiger partial charge in [-0.1, -0.05) is 41.6 Å². The summed E-state index contributed by atoms with van der Waals surface area (Å²) in [4.78, 5) is 26.0. The normalized spacial score (nSPS) is 14.6. The maximum atomic E-state index is 13.6. The van der Waals surface area contributed by atoms with E-state index in [0.29, 0.717) is 23.0 Å². The van der Waals surface area contributed by atoms with E-state index in [1.54, 1.807) is 36.9 Å². The van der Waals surface area contributed by atoms with Gasteiger partial charge in [-0.2, -0.15) is 5.10 Å². The van der Waals surface area contributed by atoms with Crippen LogP contribution in [-0.2, 0) is 18.4 Å². The summed E-state index contributed by atoms with van der Waals surface area (Å²) in [6.07, 6.45) is 0.489. The number of thioether (sulfide) groups is 1. The SMILES string of the molecule is COc1ccc(C2=NN(C(=O)CSc3nnc(CNC(=O)c4cccc(C)c4)n3C)[C@H](c3ccc(F)cc3)C2)cc1. The summed E-state index contributed by atoms with van der Waals surface area (Å²) in [6, 6.07) is 20.6. The Morgan fingerprint density at radius 3 is 2.54 bits per heavy atom. The van der Waals surface area contributed by atoms with Gasteiger partial charge in [0, 0.05) is 19.0 Å². The van der Waals surface area contributed by atoms with E-state index in [4.69, 9.17) is 4.74 Å². The van der Waals surface area contributed by atoms with Crippen molar-refractivity contribution in [2.45, 2.75) is 31.1 Å². The molecule has 5 rings (SSSR count). The van der Waals surface area contributed by atoms with Crippen LogP contribution in [0.4, 0.5) is 4.39 Å². The minimum Gasteiger partial charge on any atom is -0.497 e. The number of halogens is 1. The van der Waals surface area contributed by atoms with Gasteiger partial charge in [0.25, 0.3) is 11.8 Å². The smallest absolute Gasteiger partial charge is 0.253 e. The largest absolute Gasteiger partial charge is 0.497 e. The van der Waals surface area contributed by atoms with Crippen LogP contribution >= 0.6 is 11.8 Å². The molecule has 2 amide bonds. The zero-order valence-corrected chi connectivity index (χ0v) is 23.7. The van der Waals surface area contributed by atoms with Crippen molar-refractivity contribution in [3.8, 4) is 5.75 Å². The van der Waals surface area contributed by atoms with Crippen LogP contribution in [0.25, 0.3) is 0 Å². The van der Waals surface area contributed by atoms with Gasteiger partial charge < -0.3 is 14.6 Å². The maximum absolute atomic E-state index is 13.6. The van der Waals surface area contributed by atoms with Crippen molar-refractivity contribution in [1.82, 2.24) is 25.1 Å². The van der Waals surface area contributed by atoms with Crippen LogP contribution in [0, 0.1) is 12.7 Å². The number of ether oxygens (including phenoxy) is 1. The Morgan fingerprint density at radius 1 is 1.07 bits per heavy atom.